The molecule has 8 nitrogen and oxygen atoms in total. The largest absolute Gasteiger partial charge is 0.481 e. The van der Waals surface area contributed by atoms with Crippen molar-refractivity contribution in [3.63, 3.8) is 0 Å². The van der Waals surface area contributed by atoms with E-state index in [1.807, 2.05) is 0 Å². The second-order valence-corrected chi connectivity index (χ2v) is 18.4. The highest BCUT2D eigenvalue weighted by atomic mass is 16.6. The van der Waals surface area contributed by atoms with Gasteiger partial charge in [-0.25, -0.2) is 0 Å². The zero-order chi connectivity index (χ0) is 33.1. The van der Waals surface area contributed by atoms with Crippen molar-refractivity contribution in [3.05, 3.63) is 11.6 Å². The summed E-state index contributed by atoms with van der Waals surface area (Å²) in [5, 5.41) is 63.8. The van der Waals surface area contributed by atoms with Crippen LogP contribution in [0.5, 0.6) is 0 Å². The Labute approximate surface area is 269 Å². The van der Waals surface area contributed by atoms with Gasteiger partial charge in [-0.05, 0) is 115 Å². The van der Waals surface area contributed by atoms with Crippen LogP contribution >= 0.6 is 0 Å². The van der Waals surface area contributed by atoms with Gasteiger partial charge in [0.2, 0.25) is 0 Å². The topological polar surface area (TPSA) is 148 Å². The maximum Gasteiger partial charge on any atom is 0.310 e. The van der Waals surface area contributed by atoms with Crippen molar-refractivity contribution in [3.8, 4) is 0 Å². The first kappa shape index (κ1) is 33.9. The quantitative estimate of drug-likeness (QED) is 0.245. The standard InChI is InChI=1S/C37H60O8/c1-32(2)14-16-37(31(43)44)17-15-35(6)20(22(37)18-32)8-9-25-34(5)12-10-21(33(3,4)24(34)11-13-36(25,35)7)26(39)30-29(42)28(41)27(40)23(19-38)45-30/h8,21-30,38-42H,9-19H2,1-7H3,(H,43,44)/t21-,22?,23?,24?,25?,26?,27-,28-,29?,30-,34-,35+,36+,37-/m0/s1. The molecule has 1 saturated heterocycles. The molecule has 4 saturated carbocycles. The molecule has 6 aliphatic rings. The Hall–Kier alpha value is -1.03. The van der Waals surface area contributed by atoms with E-state index in [1.54, 1.807) is 0 Å². The van der Waals surface area contributed by atoms with Crippen molar-refractivity contribution in [1.82, 2.24) is 0 Å². The van der Waals surface area contributed by atoms with Crippen molar-refractivity contribution in [1.29, 1.82) is 0 Å². The molecule has 0 amide bonds. The molecular formula is C37H60O8. The van der Waals surface area contributed by atoms with Gasteiger partial charge in [0.1, 0.15) is 30.5 Å². The Morgan fingerprint density at radius 1 is 0.889 bits per heavy atom. The average Bonchev–Trinajstić information content (AvgIpc) is 2.95. The highest BCUT2D eigenvalue weighted by Gasteiger charge is 2.70. The van der Waals surface area contributed by atoms with E-state index in [0.717, 1.165) is 64.2 Å². The second-order valence-electron chi connectivity index (χ2n) is 18.4. The molecule has 6 N–H and O–H groups in total. The van der Waals surface area contributed by atoms with Crippen molar-refractivity contribution in [2.45, 2.75) is 149 Å². The molecule has 8 heteroatoms. The van der Waals surface area contributed by atoms with Gasteiger partial charge in [0.15, 0.2) is 0 Å². The van der Waals surface area contributed by atoms with Crippen LogP contribution in [-0.2, 0) is 9.53 Å². The minimum absolute atomic E-state index is 0.0142. The molecule has 5 fully saturated rings. The first-order chi connectivity index (χ1) is 20.8. The van der Waals surface area contributed by atoms with Gasteiger partial charge in [0.05, 0.1) is 18.1 Å². The van der Waals surface area contributed by atoms with Crippen LogP contribution in [0.1, 0.15) is 113 Å². The summed E-state index contributed by atoms with van der Waals surface area (Å²) in [6, 6.07) is 0. The number of carboxylic acids is 1. The Bertz CT molecular complexity index is 1210. The normalized spacial score (nSPS) is 52.7. The van der Waals surface area contributed by atoms with Gasteiger partial charge in [-0.1, -0.05) is 60.1 Å². The first-order valence-electron chi connectivity index (χ1n) is 17.7. The third-order valence-electron chi connectivity index (χ3n) is 15.9. The lowest BCUT2D eigenvalue weighted by molar-refractivity contribution is -0.267. The van der Waals surface area contributed by atoms with Crippen LogP contribution in [-0.4, -0.2) is 79.8 Å². The molecule has 6 rings (SSSR count). The minimum Gasteiger partial charge on any atom is -0.481 e. The molecule has 14 atom stereocenters. The van der Waals surface area contributed by atoms with Crippen molar-refractivity contribution in [2.24, 2.45) is 56.2 Å². The molecule has 0 bridgehead atoms. The van der Waals surface area contributed by atoms with Crippen LogP contribution in [0, 0.1) is 56.2 Å². The molecule has 45 heavy (non-hydrogen) atoms. The molecule has 1 heterocycles. The molecular weight excluding hydrogens is 572 g/mol. The van der Waals surface area contributed by atoms with E-state index in [0.29, 0.717) is 11.8 Å². The number of aliphatic carboxylic acids is 1. The number of ether oxygens (including phenoxy) is 1. The van der Waals surface area contributed by atoms with Gasteiger partial charge in [0, 0.05) is 0 Å². The van der Waals surface area contributed by atoms with Crippen LogP contribution in [0.3, 0.4) is 0 Å². The first-order valence-corrected chi connectivity index (χ1v) is 17.7. The second kappa shape index (κ2) is 10.7. The summed E-state index contributed by atoms with van der Waals surface area (Å²) < 4.78 is 5.85. The summed E-state index contributed by atoms with van der Waals surface area (Å²) in [5.74, 6) is 0.0295. The number of rotatable bonds is 4. The Balaban J connectivity index is 1.31. The molecule has 0 radical (unpaired) electrons. The smallest absolute Gasteiger partial charge is 0.310 e. The van der Waals surface area contributed by atoms with E-state index in [1.165, 1.54) is 5.57 Å². The molecule has 6 unspecified atom stereocenters. The summed E-state index contributed by atoms with van der Waals surface area (Å²) in [6.07, 6.45) is 3.91. The predicted octanol–water partition coefficient (Wildman–Crippen LogP) is 4.69. The summed E-state index contributed by atoms with van der Waals surface area (Å²) >= 11 is 0. The lowest BCUT2D eigenvalue weighted by Crippen LogP contribution is -2.67. The van der Waals surface area contributed by atoms with E-state index < -0.39 is 54.6 Å². The van der Waals surface area contributed by atoms with Crippen molar-refractivity contribution >= 4 is 5.97 Å². The molecule has 0 spiro atoms. The average molecular weight is 633 g/mol. The lowest BCUT2D eigenvalue weighted by atomic mass is 9.33. The minimum atomic E-state index is -1.50. The fraction of sp³-hybridized carbons (Fsp3) is 0.919. The molecule has 1 aliphatic heterocycles. The highest BCUT2D eigenvalue weighted by Crippen LogP contribution is 2.76. The molecule has 5 aliphatic carbocycles. The number of allylic oxidation sites excluding steroid dienone is 2. The number of hydrogen-bond acceptors (Lipinski definition) is 7. The van der Waals surface area contributed by atoms with Crippen LogP contribution < -0.4 is 0 Å². The van der Waals surface area contributed by atoms with Gasteiger partial charge in [0.25, 0.3) is 0 Å². The number of aliphatic hydroxyl groups is 5. The van der Waals surface area contributed by atoms with Gasteiger partial charge in [-0.3, -0.25) is 4.79 Å². The van der Waals surface area contributed by atoms with Crippen LogP contribution in [0.25, 0.3) is 0 Å². The third kappa shape index (κ3) is 4.55. The summed E-state index contributed by atoms with van der Waals surface area (Å²) in [7, 11) is 0. The van der Waals surface area contributed by atoms with E-state index in [4.69, 9.17) is 4.74 Å². The van der Waals surface area contributed by atoms with E-state index >= 15 is 0 Å². The van der Waals surface area contributed by atoms with E-state index in [9.17, 15) is 35.4 Å². The number of hydrogen-bond donors (Lipinski definition) is 6. The predicted molar refractivity (Wildman–Crippen MR) is 170 cm³/mol. The molecule has 0 aromatic rings. The number of carbonyl (C=O) groups is 1. The van der Waals surface area contributed by atoms with Crippen molar-refractivity contribution in [2.75, 3.05) is 6.61 Å². The zero-order valence-corrected chi connectivity index (χ0v) is 28.6. The van der Waals surface area contributed by atoms with Crippen molar-refractivity contribution < 1.29 is 40.2 Å². The van der Waals surface area contributed by atoms with E-state index in [-0.39, 0.29) is 38.9 Å². The Morgan fingerprint density at radius 2 is 1.56 bits per heavy atom. The fourth-order valence-electron chi connectivity index (χ4n) is 12.9. The zero-order valence-electron chi connectivity index (χ0n) is 28.6. The summed E-state index contributed by atoms with van der Waals surface area (Å²) in [5.41, 5.74) is 0.609. The van der Waals surface area contributed by atoms with Gasteiger partial charge >= 0.3 is 5.97 Å². The number of carboxylic acid groups (broad SMARTS) is 1. The Kier molecular flexibility index (Phi) is 8.08. The number of aliphatic hydroxyl groups excluding tert-OH is 5. The van der Waals surface area contributed by atoms with E-state index in [2.05, 4.69) is 54.5 Å². The third-order valence-corrected chi connectivity index (χ3v) is 15.9. The molecule has 256 valence electrons. The molecule has 0 aromatic carbocycles. The van der Waals surface area contributed by atoms with Crippen LogP contribution in [0.15, 0.2) is 11.6 Å². The fourth-order valence-corrected chi connectivity index (χ4v) is 12.9. The summed E-state index contributed by atoms with van der Waals surface area (Å²) in [4.78, 5) is 13.0. The Morgan fingerprint density at radius 3 is 2.20 bits per heavy atom. The highest BCUT2D eigenvalue weighted by molar-refractivity contribution is 5.76. The monoisotopic (exact) mass is 632 g/mol. The maximum atomic E-state index is 13.0. The summed E-state index contributed by atoms with van der Waals surface area (Å²) in [6.45, 7) is 16.0. The van der Waals surface area contributed by atoms with Gasteiger partial charge in [-0.15, -0.1) is 0 Å². The SMILES string of the molecule is CC1(C)CC[C@]2(C(=O)O)CC[C@]3(C)C(=CCC4[C@@]5(C)CC[C@@H](C(O)[C@@H]6OC(CO)[C@H](O)[C@H](O)C6O)C(C)(C)C5CC[C@]43C)C2C1. The lowest BCUT2D eigenvalue weighted by Gasteiger charge is -2.71. The van der Waals surface area contributed by atoms with Crippen LogP contribution in [0.2, 0.25) is 0 Å². The van der Waals surface area contributed by atoms with Gasteiger partial charge in [-0.2, -0.15) is 0 Å². The molecule has 0 aromatic heterocycles. The number of fused-ring (bicyclic) bond motifs is 7. The van der Waals surface area contributed by atoms with Crippen LogP contribution in [0.4, 0.5) is 0 Å². The van der Waals surface area contributed by atoms with Gasteiger partial charge < -0.3 is 35.4 Å². The maximum absolute atomic E-state index is 13.0.